The number of amides is 1. The highest BCUT2D eigenvalue weighted by molar-refractivity contribution is 5.79. The average molecular weight is 181 g/mol. The van der Waals surface area contributed by atoms with E-state index in [0.29, 0.717) is 18.6 Å². The summed E-state index contributed by atoms with van der Waals surface area (Å²) in [6.07, 6.45) is 2.93. The number of carbonyl (C=O) groups is 1. The molecule has 3 nitrogen and oxygen atoms in total. The van der Waals surface area contributed by atoms with Crippen LogP contribution in [0, 0.1) is 0 Å². The molecule has 0 unspecified atom stereocenters. The van der Waals surface area contributed by atoms with Crippen LogP contribution in [-0.4, -0.2) is 11.0 Å². The summed E-state index contributed by atoms with van der Waals surface area (Å²) in [7, 11) is 0. The highest BCUT2D eigenvalue weighted by atomic mass is 16.7. The Morgan fingerprint density at radius 1 is 1.62 bits per heavy atom. The molecule has 0 radical (unpaired) electrons. The third kappa shape index (κ3) is 2.34. The van der Waals surface area contributed by atoms with E-state index in [1.807, 2.05) is 6.92 Å². The Balaban J connectivity index is 2.48. The molecule has 1 aliphatic heterocycles. The van der Waals surface area contributed by atoms with Crippen LogP contribution in [0.2, 0.25) is 0 Å². The fourth-order valence-corrected chi connectivity index (χ4v) is 1.20. The summed E-state index contributed by atoms with van der Waals surface area (Å²) in [6, 6.07) is 0. The number of hydrogen-bond donors (Lipinski definition) is 0. The molecule has 1 fully saturated rings. The Bertz CT molecular complexity index is 229. The van der Waals surface area contributed by atoms with Crippen molar-refractivity contribution in [1.82, 2.24) is 5.06 Å². The molecule has 0 N–H and O–H groups in total. The Labute approximate surface area is 78.6 Å². The van der Waals surface area contributed by atoms with Gasteiger partial charge in [-0.2, -0.15) is 0 Å². The van der Waals surface area contributed by atoms with E-state index in [9.17, 15) is 4.79 Å². The SMILES string of the molecule is C=C(CCC)ON1C(=C)CCC1=O. The molecule has 72 valence electrons. The van der Waals surface area contributed by atoms with E-state index in [1.165, 1.54) is 5.06 Å². The van der Waals surface area contributed by atoms with Crippen molar-refractivity contribution in [2.75, 3.05) is 0 Å². The minimum Gasteiger partial charge on any atom is -0.377 e. The second-order valence-corrected chi connectivity index (χ2v) is 3.13. The van der Waals surface area contributed by atoms with Crippen molar-refractivity contribution in [3.05, 3.63) is 24.6 Å². The van der Waals surface area contributed by atoms with E-state index >= 15 is 0 Å². The lowest BCUT2D eigenvalue weighted by Crippen LogP contribution is -2.22. The van der Waals surface area contributed by atoms with Crippen molar-refractivity contribution in [2.45, 2.75) is 32.6 Å². The van der Waals surface area contributed by atoms with E-state index in [2.05, 4.69) is 13.2 Å². The molecule has 0 spiro atoms. The predicted molar refractivity (Wildman–Crippen MR) is 50.4 cm³/mol. The summed E-state index contributed by atoms with van der Waals surface area (Å²) >= 11 is 0. The van der Waals surface area contributed by atoms with Crippen molar-refractivity contribution < 1.29 is 9.63 Å². The van der Waals surface area contributed by atoms with Gasteiger partial charge in [-0.1, -0.05) is 20.1 Å². The van der Waals surface area contributed by atoms with Crippen molar-refractivity contribution in [2.24, 2.45) is 0 Å². The number of nitrogens with zero attached hydrogens (tertiary/aromatic N) is 1. The summed E-state index contributed by atoms with van der Waals surface area (Å²) in [5, 5.41) is 1.26. The first-order chi connectivity index (χ1) is 6.15. The molecule has 0 aromatic rings. The molecule has 0 aliphatic carbocycles. The van der Waals surface area contributed by atoms with E-state index in [1.54, 1.807) is 0 Å². The van der Waals surface area contributed by atoms with E-state index < -0.39 is 0 Å². The summed E-state index contributed by atoms with van der Waals surface area (Å²) in [6.45, 7) is 9.49. The molecule has 0 bridgehead atoms. The highest BCUT2D eigenvalue weighted by Crippen LogP contribution is 2.23. The van der Waals surface area contributed by atoms with Crippen LogP contribution < -0.4 is 0 Å². The topological polar surface area (TPSA) is 29.5 Å². The van der Waals surface area contributed by atoms with Gasteiger partial charge in [-0.15, -0.1) is 5.06 Å². The third-order valence-corrected chi connectivity index (χ3v) is 1.89. The van der Waals surface area contributed by atoms with Gasteiger partial charge < -0.3 is 4.84 Å². The van der Waals surface area contributed by atoms with Crippen molar-refractivity contribution in [3.8, 4) is 0 Å². The zero-order chi connectivity index (χ0) is 9.84. The third-order valence-electron chi connectivity index (χ3n) is 1.89. The molecular formula is C10H15NO2. The van der Waals surface area contributed by atoms with E-state index in [-0.39, 0.29) is 5.91 Å². The first kappa shape index (κ1) is 9.84. The lowest BCUT2D eigenvalue weighted by Gasteiger charge is -2.18. The fourth-order valence-electron chi connectivity index (χ4n) is 1.20. The molecule has 1 heterocycles. The summed E-state index contributed by atoms with van der Waals surface area (Å²) in [5.41, 5.74) is 0.724. The Morgan fingerprint density at radius 2 is 2.31 bits per heavy atom. The van der Waals surface area contributed by atoms with Crippen LogP contribution in [0.25, 0.3) is 0 Å². The maximum Gasteiger partial charge on any atom is 0.260 e. The van der Waals surface area contributed by atoms with Crippen LogP contribution in [0.1, 0.15) is 32.6 Å². The summed E-state index contributed by atoms with van der Waals surface area (Å²) in [5.74, 6) is 0.598. The van der Waals surface area contributed by atoms with Gasteiger partial charge in [0.2, 0.25) is 0 Å². The van der Waals surface area contributed by atoms with Gasteiger partial charge >= 0.3 is 0 Å². The van der Waals surface area contributed by atoms with Crippen molar-refractivity contribution in [3.63, 3.8) is 0 Å². The van der Waals surface area contributed by atoms with E-state index in [0.717, 1.165) is 18.5 Å². The molecule has 1 rings (SSSR count). The largest absolute Gasteiger partial charge is 0.377 e. The zero-order valence-electron chi connectivity index (χ0n) is 8.01. The quantitative estimate of drug-likeness (QED) is 0.623. The molecular weight excluding hydrogens is 166 g/mol. The average Bonchev–Trinajstić information content (AvgIpc) is 2.36. The highest BCUT2D eigenvalue weighted by Gasteiger charge is 2.26. The Morgan fingerprint density at radius 3 is 2.77 bits per heavy atom. The molecule has 3 heteroatoms. The van der Waals surface area contributed by atoms with Gasteiger partial charge in [0.05, 0.1) is 5.70 Å². The molecule has 0 aromatic carbocycles. The lowest BCUT2D eigenvalue weighted by atomic mass is 10.3. The Hall–Kier alpha value is -1.25. The van der Waals surface area contributed by atoms with Gasteiger partial charge in [0.1, 0.15) is 5.76 Å². The normalized spacial score (nSPS) is 16.5. The Kier molecular flexibility index (Phi) is 3.12. The second-order valence-electron chi connectivity index (χ2n) is 3.13. The van der Waals surface area contributed by atoms with Crippen LogP contribution in [0.3, 0.4) is 0 Å². The molecule has 1 saturated heterocycles. The second kappa shape index (κ2) is 4.12. The van der Waals surface area contributed by atoms with Gasteiger partial charge in [-0.25, -0.2) is 0 Å². The van der Waals surface area contributed by atoms with Gasteiger partial charge in [-0.05, 0) is 12.8 Å². The molecule has 1 aliphatic rings. The maximum atomic E-state index is 11.2. The van der Waals surface area contributed by atoms with Crippen LogP contribution in [0.15, 0.2) is 24.6 Å². The van der Waals surface area contributed by atoms with Gasteiger partial charge in [0.15, 0.2) is 0 Å². The number of hydrogen-bond acceptors (Lipinski definition) is 2. The summed E-state index contributed by atoms with van der Waals surface area (Å²) < 4.78 is 0. The number of hydroxylamine groups is 2. The first-order valence-corrected chi connectivity index (χ1v) is 4.51. The van der Waals surface area contributed by atoms with Crippen molar-refractivity contribution in [1.29, 1.82) is 0 Å². The fraction of sp³-hybridized carbons (Fsp3) is 0.500. The van der Waals surface area contributed by atoms with Crippen LogP contribution in [0.5, 0.6) is 0 Å². The van der Waals surface area contributed by atoms with Crippen molar-refractivity contribution >= 4 is 5.91 Å². The number of rotatable bonds is 4. The minimum absolute atomic E-state index is 0.0257. The minimum atomic E-state index is -0.0257. The zero-order valence-corrected chi connectivity index (χ0v) is 8.01. The first-order valence-electron chi connectivity index (χ1n) is 4.51. The summed E-state index contributed by atoms with van der Waals surface area (Å²) in [4.78, 5) is 16.5. The van der Waals surface area contributed by atoms with Crippen LogP contribution in [-0.2, 0) is 9.63 Å². The van der Waals surface area contributed by atoms with Gasteiger partial charge in [-0.3, -0.25) is 4.79 Å². The maximum absolute atomic E-state index is 11.2. The molecule has 0 atom stereocenters. The number of allylic oxidation sites excluding steroid dienone is 2. The predicted octanol–water partition coefficient (Wildman–Crippen LogP) is 2.37. The van der Waals surface area contributed by atoms with Crippen LogP contribution in [0.4, 0.5) is 0 Å². The van der Waals surface area contributed by atoms with Crippen LogP contribution >= 0.6 is 0 Å². The lowest BCUT2D eigenvalue weighted by molar-refractivity contribution is -0.157. The standard InChI is InChI=1S/C10H15NO2/c1-4-5-9(3)13-11-8(2)6-7-10(11)12/h2-7H2,1H3. The molecule has 1 amide bonds. The molecule has 13 heavy (non-hydrogen) atoms. The van der Waals surface area contributed by atoms with Gasteiger partial charge in [0, 0.05) is 12.8 Å². The smallest absolute Gasteiger partial charge is 0.260 e. The van der Waals surface area contributed by atoms with Gasteiger partial charge in [0.25, 0.3) is 5.91 Å². The number of carbonyl (C=O) groups excluding carboxylic acids is 1. The van der Waals surface area contributed by atoms with E-state index in [4.69, 9.17) is 4.84 Å². The monoisotopic (exact) mass is 181 g/mol. The molecule has 0 aromatic heterocycles. The molecule has 0 saturated carbocycles.